The lowest BCUT2D eigenvalue weighted by Gasteiger charge is -2.12. The van der Waals surface area contributed by atoms with E-state index < -0.39 is 71.5 Å². The number of carboxylic acid groups (broad SMARTS) is 1. The first kappa shape index (κ1) is 61.4. The van der Waals surface area contributed by atoms with Crippen molar-refractivity contribution >= 4 is 41.1 Å². The monoisotopic (exact) mass is 1050 g/mol. The number of nitrogen functional groups attached to an aromatic ring is 1. The normalized spacial score (nSPS) is 11.9. The number of aryl methyl sites for hydroxylation is 3. The third kappa shape index (κ3) is 20.1. The molecule has 2 amide bonds. The second-order valence-electron chi connectivity index (χ2n) is 15.9. The average Bonchev–Trinajstić information content (AvgIpc) is 4.08. The van der Waals surface area contributed by atoms with Crippen LogP contribution in [0.5, 0.6) is 0 Å². The zero-order chi connectivity index (χ0) is 56.0. The molecule has 1 atom stereocenters. The van der Waals surface area contributed by atoms with Gasteiger partial charge in [0.05, 0.1) is 28.1 Å². The number of nitrogens with two attached hydrogens (primary N) is 2. The Morgan fingerprint density at radius 3 is 1.14 bits per heavy atom. The summed E-state index contributed by atoms with van der Waals surface area (Å²) < 4.78 is 159. The molecule has 7 N–H and O–H groups in total. The number of anilines is 3. The van der Waals surface area contributed by atoms with Crippen LogP contribution in [0.3, 0.4) is 0 Å². The van der Waals surface area contributed by atoms with Crippen molar-refractivity contribution in [1.82, 2.24) is 15.5 Å². The second-order valence-corrected chi connectivity index (χ2v) is 15.9. The number of hydrogen-bond donors (Lipinski definition) is 5. The van der Waals surface area contributed by atoms with Crippen LogP contribution >= 0.6 is 0 Å². The number of carbonyl (C=O) groups is 4. The van der Waals surface area contributed by atoms with Crippen LogP contribution < -0.4 is 22.1 Å². The van der Waals surface area contributed by atoms with E-state index >= 15 is 0 Å². The molecular formula is C46H47F12N7O8. The molecule has 0 bridgehead atoms. The summed E-state index contributed by atoms with van der Waals surface area (Å²) in [5, 5.41) is 24.1. The lowest BCUT2D eigenvalue weighted by atomic mass is 10.1. The van der Waals surface area contributed by atoms with Crippen LogP contribution in [0, 0.1) is 20.8 Å². The van der Waals surface area contributed by atoms with Gasteiger partial charge in [0, 0.05) is 41.3 Å². The SMILES string of the molecule is CC(C)c1cc(C(=O)O)on1.Cc1ccc(N)cc1C(F)(F)F.Cc1ccc(NC(=O)c2cc(C(C)C)no2)cc1C(F)(F)F.Cc1ccc(NC(=O)c2cc([C@@H](C)N)no2)cc1C(F)(F)F.O=CC(F)(F)F. The third-order valence-corrected chi connectivity index (χ3v) is 9.20. The van der Waals surface area contributed by atoms with Crippen LogP contribution in [-0.2, 0) is 23.3 Å². The quantitative estimate of drug-likeness (QED) is 0.0542. The van der Waals surface area contributed by atoms with Crippen LogP contribution in [0.1, 0.15) is 135 Å². The number of nitrogens with one attached hydrogen (secondary N) is 2. The molecule has 0 saturated heterocycles. The standard InChI is InChI=1S/C15H15F3N2O2.C14H14F3N3O2.C8H8F3N.C7H9NO3.C2HF3O/c1-8(2)12-7-13(22-20-12)14(21)19-10-5-4-9(3)11(6-10)15(16,17)18;1-7-3-4-9(5-10(7)14(15,16)17)19-13(21)12-6-11(8(2)18)20-22-12;1-5-2-3-6(12)4-7(5)8(9,10)11;1-4(2)5-3-6(7(9)10)11-8-5;3-2(4,5)1-6/h4-8H,1-3H3,(H,19,21);3-6,8H,18H2,1-2H3,(H,19,21);2-4H,12H2,1H3;3-4H,1-2H3,(H,9,10);1H/t;8-;;;/m.1.../s1. The molecule has 0 aliphatic rings. The Kier molecular flexibility index (Phi) is 21.5. The molecule has 0 aliphatic carbocycles. The zero-order valence-corrected chi connectivity index (χ0v) is 39.6. The maximum absolute atomic E-state index is 12.8. The van der Waals surface area contributed by atoms with Gasteiger partial charge in [-0.15, -0.1) is 0 Å². The average molecular weight is 1050 g/mol. The lowest BCUT2D eigenvalue weighted by Crippen LogP contribution is -2.13. The van der Waals surface area contributed by atoms with Crippen molar-refractivity contribution in [3.63, 3.8) is 0 Å². The molecule has 0 saturated carbocycles. The number of alkyl halides is 12. The van der Waals surface area contributed by atoms with Crippen molar-refractivity contribution < 1.29 is 90.5 Å². The van der Waals surface area contributed by atoms with Gasteiger partial charge in [-0.1, -0.05) is 61.4 Å². The highest BCUT2D eigenvalue weighted by Crippen LogP contribution is 2.35. The fraction of sp³-hybridized carbons (Fsp3) is 0.326. The van der Waals surface area contributed by atoms with Gasteiger partial charge in [-0.3, -0.25) is 14.4 Å². The largest absolute Gasteiger partial charge is 0.475 e. The van der Waals surface area contributed by atoms with Crippen molar-refractivity contribution in [2.75, 3.05) is 16.4 Å². The van der Waals surface area contributed by atoms with Gasteiger partial charge in [-0.25, -0.2) is 4.79 Å². The van der Waals surface area contributed by atoms with Crippen molar-refractivity contribution in [1.29, 1.82) is 0 Å². The molecule has 6 rings (SSSR count). The number of aromatic nitrogens is 3. The minimum absolute atomic E-state index is 0.0154. The summed E-state index contributed by atoms with van der Waals surface area (Å²) in [5.41, 5.74) is 10.8. The molecule has 73 heavy (non-hydrogen) atoms. The molecule has 3 aromatic heterocycles. The number of carboxylic acids is 1. The first-order chi connectivity index (χ1) is 33.4. The van der Waals surface area contributed by atoms with Gasteiger partial charge in [0.15, 0.2) is 0 Å². The maximum Gasteiger partial charge on any atom is 0.446 e. The van der Waals surface area contributed by atoms with E-state index in [0.29, 0.717) is 17.1 Å². The molecule has 0 spiro atoms. The van der Waals surface area contributed by atoms with E-state index in [4.69, 9.17) is 30.4 Å². The molecule has 27 heteroatoms. The highest BCUT2D eigenvalue weighted by atomic mass is 19.4. The summed E-state index contributed by atoms with van der Waals surface area (Å²) in [6.07, 6.45) is -19.0. The number of hydrogen-bond acceptors (Lipinski definition) is 12. The third-order valence-electron chi connectivity index (χ3n) is 9.20. The fourth-order valence-corrected chi connectivity index (χ4v) is 5.28. The Morgan fingerprint density at radius 2 is 0.863 bits per heavy atom. The smallest absolute Gasteiger partial charge is 0.446 e. The number of rotatable bonds is 8. The van der Waals surface area contributed by atoms with Gasteiger partial charge in [0.25, 0.3) is 11.8 Å². The summed E-state index contributed by atoms with van der Waals surface area (Å²) >= 11 is 0. The summed E-state index contributed by atoms with van der Waals surface area (Å²) in [6.45, 7) is 13.4. The van der Waals surface area contributed by atoms with Crippen LogP contribution in [0.4, 0.5) is 69.7 Å². The fourth-order valence-electron chi connectivity index (χ4n) is 5.28. The van der Waals surface area contributed by atoms with Gasteiger partial charge < -0.3 is 40.8 Å². The number of nitrogens with zero attached hydrogens (tertiary/aromatic N) is 3. The Hall–Kier alpha value is -7.71. The van der Waals surface area contributed by atoms with Crippen molar-refractivity contribution in [2.45, 2.75) is 98.0 Å². The van der Waals surface area contributed by atoms with Crippen molar-refractivity contribution in [3.8, 4) is 0 Å². The topological polar surface area (TPSA) is 243 Å². The number of benzene rings is 3. The summed E-state index contributed by atoms with van der Waals surface area (Å²) in [5.74, 6) is -2.40. The van der Waals surface area contributed by atoms with E-state index in [1.165, 1.54) is 75.4 Å². The Labute approximate surface area is 407 Å². The molecule has 3 aromatic carbocycles. The van der Waals surface area contributed by atoms with Crippen LogP contribution in [0.2, 0.25) is 0 Å². The van der Waals surface area contributed by atoms with Gasteiger partial charge >= 0.3 is 30.7 Å². The van der Waals surface area contributed by atoms with E-state index in [9.17, 15) is 67.1 Å². The Bertz CT molecular complexity index is 2670. The first-order valence-electron chi connectivity index (χ1n) is 20.8. The second kappa shape index (κ2) is 25.6. The number of aromatic carboxylic acids is 1. The van der Waals surface area contributed by atoms with E-state index in [1.54, 1.807) is 6.92 Å². The maximum atomic E-state index is 12.8. The molecular weight excluding hydrogens is 1010 g/mol. The molecule has 15 nitrogen and oxygen atoms in total. The molecule has 6 aromatic rings. The summed E-state index contributed by atoms with van der Waals surface area (Å²) in [4.78, 5) is 42.9. The van der Waals surface area contributed by atoms with Gasteiger partial charge in [0.1, 0.15) is 5.69 Å². The highest BCUT2D eigenvalue weighted by Gasteiger charge is 2.34. The molecule has 0 fully saturated rings. The predicted molar refractivity (Wildman–Crippen MR) is 238 cm³/mol. The first-order valence-corrected chi connectivity index (χ1v) is 20.8. The van der Waals surface area contributed by atoms with Crippen LogP contribution in [-0.4, -0.2) is 50.8 Å². The minimum Gasteiger partial charge on any atom is -0.475 e. The van der Waals surface area contributed by atoms with Crippen LogP contribution in [0.25, 0.3) is 0 Å². The van der Waals surface area contributed by atoms with Gasteiger partial charge in [-0.05, 0) is 92.6 Å². The summed E-state index contributed by atoms with van der Waals surface area (Å²) in [6, 6.07) is 14.7. The van der Waals surface area contributed by atoms with Crippen LogP contribution in [0.15, 0.2) is 86.4 Å². The molecule has 0 aliphatic heterocycles. The molecule has 0 unspecified atom stereocenters. The van der Waals surface area contributed by atoms with E-state index in [-0.39, 0.29) is 62.9 Å². The Balaban J connectivity index is 0.000000333. The predicted octanol–water partition coefficient (Wildman–Crippen LogP) is 12.5. The molecule has 3 heterocycles. The van der Waals surface area contributed by atoms with Gasteiger partial charge in [-0.2, -0.15) is 52.7 Å². The number of halogens is 12. The van der Waals surface area contributed by atoms with E-state index in [2.05, 4.69) is 30.6 Å². The summed E-state index contributed by atoms with van der Waals surface area (Å²) in [7, 11) is 0. The highest BCUT2D eigenvalue weighted by molar-refractivity contribution is 6.03. The molecule has 398 valence electrons. The lowest BCUT2D eigenvalue weighted by molar-refractivity contribution is -0.156. The molecule has 0 radical (unpaired) electrons. The zero-order valence-electron chi connectivity index (χ0n) is 39.6. The minimum atomic E-state index is -4.64. The number of carbonyl (C=O) groups excluding carboxylic acids is 3. The van der Waals surface area contributed by atoms with E-state index in [1.807, 2.05) is 27.7 Å². The number of aldehydes is 1. The van der Waals surface area contributed by atoms with Crippen molar-refractivity contribution in [3.05, 3.63) is 141 Å². The van der Waals surface area contributed by atoms with Gasteiger partial charge in [0.2, 0.25) is 23.6 Å². The number of amides is 2. The van der Waals surface area contributed by atoms with E-state index in [0.717, 1.165) is 18.2 Å². The Morgan fingerprint density at radius 1 is 0.548 bits per heavy atom. The van der Waals surface area contributed by atoms with Crippen molar-refractivity contribution in [2.24, 2.45) is 5.73 Å².